The number of anilines is 1. The normalized spacial score (nSPS) is 13.1. The van der Waals surface area contributed by atoms with Crippen molar-refractivity contribution >= 4 is 28.1 Å². The van der Waals surface area contributed by atoms with Crippen molar-refractivity contribution in [3.8, 4) is 0 Å². The van der Waals surface area contributed by atoms with Gasteiger partial charge < -0.3 is 5.32 Å². The number of benzene rings is 2. The highest BCUT2D eigenvalue weighted by Gasteiger charge is 2.16. The Morgan fingerprint density at radius 3 is 2.68 bits per heavy atom. The maximum atomic E-state index is 12.9. The number of aromatic nitrogens is 1. The fourth-order valence-corrected chi connectivity index (χ4v) is 3.05. The number of hydrogen-bond acceptors (Lipinski definition) is 2. The van der Waals surface area contributed by atoms with Gasteiger partial charge in [-0.1, -0.05) is 48.1 Å². The van der Waals surface area contributed by atoms with Crippen molar-refractivity contribution in [1.29, 1.82) is 0 Å². The third-order valence-corrected chi connectivity index (χ3v) is 4.34. The summed E-state index contributed by atoms with van der Waals surface area (Å²) in [5, 5.41) is 3.86. The molecule has 1 aliphatic rings. The number of amides is 1. The maximum Gasteiger partial charge on any atom is 0.256 e. The molecule has 25 heavy (non-hydrogen) atoms. The van der Waals surface area contributed by atoms with E-state index in [0.717, 1.165) is 39.8 Å². The van der Waals surface area contributed by atoms with E-state index in [9.17, 15) is 4.79 Å². The standard InChI is InChI=1S/C22H18N2O/c1-15-11-12-20-18(13-15)19(14-21(24-20)16-7-5-6-8-16)22(25)23-17-9-3-2-4-10-17/h2-7,9-14H,8H2,1H3,(H,23,25). The van der Waals surface area contributed by atoms with E-state index >= 15 is 0 Å². The molecule has 122 valence electrons. The summed E-state index contributed by atoms with van der Waals surface area (Å²) in [6.45, 7) is 2.02. The second kappa shape index (κ2) is 6.36. The van der Waals surface area contributed by atoms with Gasteiger partial charge in [0.05, 0.1) is 16.8 Å². The highest BCUT2D eigenvalue weighted by Crippen LogP contribution is 2.27. The summed E-state index contributed by atoms with van der Waals surface area (Å²) in [5.74, 6) is -0.114. The number of nitrogens with zero attached hydrogens (tertiary/aromatic N) is 1. The van der Waals surface area contributed by atoms with Gasteiger partial charge in [-0.2, -0.15) is 0 Å². The maximum absolute atomic E-state index is 12.9. The van der Waals surface area contributed by atoms with Crippen LogP contribution in [-0.2, 0) is 0 Å². The molecule has 4 rings (SSSR count). The lowest BCUT2D eigenvalue weighted by Crippen LogP contribution is -2.13. The lowest BCUT2D eigenvalue weighted by atomic mass is 10.0. The average molecular weight is 326 g/mol. The molecule has 0 spiro atoms. The predicted octanol–water partition coefficient (Wildman–Crippen LogP) is 5.14. The van der Waals surface area contributed by atoms with Crippen LogP contribution in [0.3, 0.4) is 0 Å². The van der Waals surface area contributed by atoms with Gasteiger partial charge in [-0.3, -0.25) is 4.79 Å². The molecule has 3 heteroatoms. The number of pyridine rings is 1. The number of allylic oxidation sites excluding steroid dienone is 4. The van der Waals surface area contributed by atoms with Crippen LogP contribution in [0.1, 0.15) is 28.0 Å². The molecule has 0 atom stereocenters. The fraction of sp³-hybridized carbons (Fsp3) is 0.0909. The first-order valence-corrected chi connectivity index (χ1v) is 8.34. The van der Waals surface area contributed by atoms with E-state index in [0.29, 0.717) is 5.56 Å². The predicted molar refractivity (Wildman–Crippen MR) is 103 cm³/mol. The minimum absolute atomic E-state index is 0.114. The van der Waals surface area contributed by atoms with Crippen molar-refractivity contribution in [3.05, 3.63) is 89.6 Å². The topological polar surface area (TPSA) is 42.0 Å². The number of aryl methyl sites for hydroxylation is 1. The van der Waals surface area contributed by atoms with Gasteiger partial charge >= 0.3 is 0 Å². The van der Waals surface area contributed by atoms with E-state index in [-0.39, 0.29) is 5.91 Å². The van der Waals surface area contributed by atoms with Crippen molar-refractivity contribution in [2.45, 2.75) is 13.3 Å². The van der Waals surface area contributed by atoms with Gasteiger partial charge in [0.25, 0.3) is 5.91 Å². The zero-order chi connectivity index (χ0) is 17.2. The minimum atomic E-state index is -0.114. The molecule has 0 bridgehead atoms. The molecule has 1 N–H and O–H groups in total. The highest BCUT2D eigenvalue weighted by atomic mass is 16.1. The first-order chi connectivity index (χ1) is 12.2. The number of carbonyl (C=O) groups is 1. The van der Waals surface area contributed by atoms with Gasteiger partial charge in [-0.25, -0.2) is 4.98 Å². The molecular weight excluding hydrogens is 308 g/mol. The molecule has 0 saturated heterocycles. The highest BCUT2D eigenvalue weighted by molar-refractivity contribution is 6.13. The van der Waals surface area contributed by atoms with Crippen molar-refractivity contribution in [2.75, 3.05) is 5.32 Å². The molecule has 1 aliphatic carbocycles. The Kier molecular flexibility index (Phi) is 3.90. The SMILES string of the molecule is Cc1ccc2nc(C3=CC=CC3)cc(C(=O)Nc3ccccc3)c2c1. The lowest BCUT2D eigenvalue weighted by Gasteiger charge is -2.12. The van der Waals surface area contributed by atoms with Crippen LogP contribution in [0.4, 0.5) is 5.69 Å². The summed E-state index contributed by atoms with van der Waals surface area (Å²) in [6, 6.07) is 17.4. The molecule has 0 fully saturated rings. The Balaban J connectivity index is 1.82. The first-order valence-electron chi connectivity index (χ1n) is 8.34. The molecule has 0 aliphatic heterocycles. The summed E-state index contributed by atoms with van der Waals surface area (Å²) in [7, 11) is 0. The summed E-state index contributed by atoms with van der Waals surface area (Å²) in [4.78, 5) is 17.7. The van der Waals surface area contributed by atoms with Gasteiger partial charge in [0.2, 0.25) is 0 Å². The molecular formula is C22H18N2O. The Morgan fingerprint density at radius 1 is 1.08 bits per heavy atom. The molecule has 1 aromatic heterocycles. The van der Waals surface area contributed by atoms with Gasteiger partial charge in [-0.15, -0.1) is 0 Å². The fourth-order valence-electron chi connectivity index (χ4n) is 3.05. The van der Waals surface area contributed by atoms with Crippen LogP contribution in [0.2, 0.25) is 0 Å². The van der Waals surface area contributed by atoms with Crippen LogP contribution < -0.4 is 5.32 Å². The van der Waals surface area contributed by atoms with Crippen molar-refractivity contribution in [1.82, 2.24) is 4.98 Å². The first kappa shape index (κ1) is 15.3. The van der Waals surface area contributed by atoms with Crippen molar-refractivity contribution in [2.24, 2.45) is 0 Å². The second-order valence-corrected chi connectivity index (χ2v) is 6.22. The number of para-hydroxylation sites is 1. The molecule has 1 heterocycles. The van der Waals surface area contributed by atoms with Crippen LogP contribution >= 0.6 is 0 Å². The van der Waals surface area contributed by atoms with Crippen molar-refractivity contribution < 1.29 is 4.79 Å². The van der Waals surface area contributed by atoms with Crippen LogP contribution in [-0.4, -0.2) is 10.9 Å². The molecule has 2 aromatic carbocycles. The zero-order valence-electron chi connectivity index (χ0n) is 14.0. The van der Waals surface area contributed by atoms with Gasteiger partial charge in [-0.05, 0) is 49.2 Å². The molecule has 0 radical (unpaired) electrons. The number of carbonyl (C=O) groups excluding carboxylic acids is 1. The van der Waals surface area contributed by atoms with Gasteiger partial charge in [0.15, 0.2) is 0 Å². The van der Waals surface area contributed by atoms with Crippen LogP contribution in [0, 0.1) is 6.92 Å². The zero-order valence-corrected chi connectivity index (χ0v) is 14.0. The second-order valence-electron chi connectivity index (χ2n) is 6.22. The number of rotatable bonds is 3. The monoisotopic (exact) mass is 326 g/mol. The van der Waals surface area contributed by atoms with Crippen LogP contribution in [0.25, 0.3) is 16.5 Å². The Hall–Kier alpha value is -3.20. The van der Waals surface area contributed by atoms with E-state index < -0.39 is 0 Å². The molecule has 1 amide bonds. The molecule has 3 aromatic rings. The quantitative estimate of drug-likeness (QED) is 0.724. The van der Waals surface area contributed by atoms with E-state index in [2.05, 4.69) is 17.5 Å². The third kappa shape index (κ3) is 3.09. The Labute approximate surface area is 146 Å². The molecule has 0 unspecified atom stereocenters. The third-order valence-electron chi connectivity index (χ3n) is 4.34. The van der Waals surface area contributed by atoms with Gasteiger partial charge in [0.1, 0.15) is 0 Å². The summed E-state index contributed by atoms with van der Waals surface area (Å²) >= 11 is 0. The largest absolute Gasteiger partial charge is 0.322 e. The van der Waals surface area contributed by atoms with Gasteiger partial charge in [0, 0.05) is 11.1 Å². The lowest BCUT2D eigenvalue weighted by molar-refractivity contribution is 0.102. The van der Waals surface area contributed by atoms with E-state index in [1.165, 1.54) is 0 Å². The van der Waals surface area contributed by atoms with Crippen molar-refractivity contribution in [3.63, 3.8) is 0 Å². The van der Waals surface area contributed by atoms with Crippen LogP contribution in [0.15, 0.2) is 72.8 Å². The number of fused-ring (bicyclic) bond motifs is 1. The van der Waals surface area contributed by atoms with E-state index in [4.69, 9.17) is 4.98 Å². The van der Waals surface area contributed by atoms with Crippen LogP contribution in [0.5, 0.6) is 0 Å². The minimum Gasteiger partial charge on any atom is -0.322 e. The van der Waals surface area contributed by atoms with E-state index in [1.807, 2.05) is 67.6 Å². The Bertz CT molecular complexity index is 1020. The molecule has 3 nitrogen and oxygen atoms in total. The smallest absolute Gasteiger partial charge is 0.256 e. The van der Waals surface area contributed by atoms with E-state index in [1.54, 1.807) is 0 Å². The Morgan fingerprint density at radius 2 is 1.92 bits per heavy atom. The molecule has 0 saturated carbocycles. The summed E-state index contributed by atoms with van der Waals surface area (Å²) in [5.41, 5.74) is 5.39. The number of nitrogens with one attached hydrogen (secondary N) is 1. The summed E-state index contributed by atoms with van der Waals surface area (Å²) in [6.07, 6.45) is 7.03. The average Bonchev–Trinajstić information content (AvgIpc) is 3.16. The summed E-state index contributed by atoms with van der Waals surface area (Å²) < 4.78 is 0. The number of hydrogen-bond donors (Lipinski definition) is 1.